The van der Waals surface area contributed by atoms with Gasteiger partial charge in [-0.15, -0.1) is 0 Å². The first-order chi connectivity index (χ1) is 12.6. The van der Waals surface area contributed by atoms with Crippen molar-refractivity contribution in [1.29, 1.82) is 0 Å². The molecule has 0 aliphatic rings. The summed E-state index contributed by atoms with van der Waals surface area (Å²) in [5, 5.41) is 2.67. The lowest BCUT2D eigenvalue weighted by Gasteiger charge is -2.31. The molecule has 146 valence electrons. The van der Waals surface area contributed by atoms with E-state index in [1.807, 2.05) is 63.2 Å². The molecule has 2 atom stereocenters. The summed E-state index contributed by atoms with van der Waals surface area (Å²) in [4.78, 5) is 13.4. The molecule has 0 fully saturated rings. The largest absolute Gasteiger partial charge is 0.326 e. The molecule has 2 aromatic rings. The van der Waals surface area contributed by atoms with Gasteiger partial charge < -0.3 is 10.2 Å². The number of carbonyl (C=O) groups is 1. The van der Waals surface area contributed by atoms with Crippen molar-refractivity contribution < 1.29 is 13.2 Å². The van der Waals surface area contributed by atoms with E-state index in [1.165, 1.54) is 13.0 Å². The molecule has 0 saturated heterocycles. The van der Waals surface area contributed by atoms with E-state index in [9.17, 15) is 13.2 Å². The number of aryl methyl sites for hydroxylation is 1. The van der Waals surface area contributed by atoms with E-state index < -0.39 is 10.0 Å². The predicted octanol–water partition coefficient (Wildman–Crippen LogP) is 2.92. The number of hydrogen-bond donors (Lipinski definition) is 2. The Hall–Kier alpha value is -2.22. The summed E-state index contributed by atoms with van der Waals surface area (Å²) < 4.78 is 28.6. The van der Waals surface area contributed by atoms with Gasteiger partial charge in [-0.3, -0.25) is 4.79 Å². The summed E-state index contributed by atoms with van der Waals surface area (Å²) in [7, 11) is 0.0907. The number of sulfonamides is 1. The lowest BCUT2D eigenvalue weighted by Crippen LogP contribution is -2.42. The third-order valence-electron chi connectivity index (χ3n) is 4.34. The average molecular weight is 390 g/mol. The SMILES string of the molecule is CC(=O)Nc1cc(S(=O)(=O)N[C@@H](C)[C@@H](c2ccccc2)N(C)C)ccc1C. The number of amides is 1. The highest BCUT2D eigenvalue weighted by molar-refractivity contribution is 7.89. The maximum atomic E-state index is 12.9. The van der Waals surface area contributed by atoms with E-state index in [1.54, 1.807) is 12.1 Å². The van der Waals surface area contributed by atoms with Gasteiger partial charge in [-0.05, 0) is 51.2 Å². The topological polar surface area (TPSA) is 78.5 Å². The summed E-state index contributed by atoms with van der Waals surface area (Å²) in [5.74, 6) is -0.245. The van der Waals surface area contributed by atoms with Gasteiger partial charge in [0.25, 0.3) is 0 Å². The van der Waals surface area contributed by atoms with E-state index in [0.29, 0.717) is 5.69 Å². The minimum Gasteiger partial charge on any atom is -0.326 e. The van der Waals surface area contributed by atoms with Crippen LogP contribution in [0.5, 0.6) is 0 Å². The summed E-state index contributed by atoms with van der Waals surface area (Å²) in [6.07, 6.45) is 0. The van der Waals surface area contributed by atoms with Crippen molar-refractivity contribution in [3.8, 4) is 0 Å². The Labute approximate surface area is 161 Å². The molecule has 1 amide bonds. The monoisotopic (exact) mass is 389 g/mol. The molecule has 0 bridgehead atoms. The standard InChI is InChI=1S/C20H27N3O3S/c1-14-11-12-18(13-19(14)21-16(3)24)27(25,26)22-15(2)20(23(4)5)17-9-7-6-8-10-17/h6-13,15,20,22H,1-5H3,(H,21,24)/t15-,20-/m0/s1. The molecule has 0 aliphatic carbocycles. The summed E-state index contributed by atoms with van der Waals surface area (Å²) in [6, 6.07) is 14.0. The number of anilines is 1. The van der Waals surface area contributed by atoms with Crippen LogP contribution < -0.4 is 10.0 Å². The van der Waals surface area contributed by atoms with Crippen LogP contribution in [0.15, 0.2) is 53.4 Å². The molecule has 0 saturated carbocycles. The van der Waals surface area contributed by atoms with Crippen molar-refractivity contribution in [1.82, 2.24) is 9.62 Å². The van der Waals surface area contributed by atoms with Crippen LogP contribution in [0.4, 0.5) is 5.69 Å². The Morgan fingerprint density at radius 1 is 1.07 bits per heavy atom. The Bertz CT molecular complexity index is 896. The van der Waals surface area contributed by atoms with Crippen LogP contribution >= 0.6 is 0 Å². The fraction of sp³-hybridized carbons (Fsp3) is 0.350. The van der Waals surface area contributed by atoms with E-state index in [-0.39, 0.29) is 22.9 Å². The van der Waals surface area contributed by atoms with Gasteiger partial charge in [-0.1, -0.05) is 36.4 Å². The number of nitrogens with one attached hydrogen (secondary N) is 2. The third kappa shape index (κ3) is 5.38. The zero-order valence-corrected chi connectivity index (χ0v) is 17.2. The second-order valence-corrected chi connectivity index (χ2v) is 8.60. The zero-order chi connectivity index (χ0) is 20.2. The smallest absolute Gasteiger partial charge is 0.240 e. The molecule has 0 aromatic heterocycles. The molecule has 6 nitrogen and oxygen atoms in total. The lowest BCUT2D eigenvalue weighted by molar-refractivity contribution is -0.114. The summed E-state index contributed by atoms with van der Waals surface area (Å²) in [5.41, 5.74) is 2.32. The Kier molecular flexibility index (Phi) is 6.75. The summed E-state index contributed by atoms with van der Waals surface area (Å²) >= 11 is 0. The van der Waals surface area contributed by atoms with E-state index in [0.717, 1.165) is 11.1 Å². The highest BCUT2D eigenvalue weighted by Gasteiger charge is 2.26. The molecule has 0 aliphatic heterocycles. The highest BCUT2D eigenvalue weighted by atomic mass is 32.2. The van der Waals surface area contributed by atoms with Gasteiger partial charge in [0.05, 0.1) is 10.9 Å². The molecular formula is C20H27N3O3S. The predicted molar refractivity (Wildman–Crippen MR) is 108 cm³/mol. The van der Waals surface area contributed by atoms with E-state index in [2.05, 4.69) is 10.0 Å². The molecule has 7 heteroatoms. The van der Waals surface area contributed by atoms with Crippen LogP contribution in [0.1, 0.15) is 31.0 Å². The first kappa shape index (κ1) is 21.1. The van der Waals surface area contributed by atoms with Gasteiger partial charge >= 0.3 is 0 Å². The fourth-order valence-corrected chi connectivity index (χ4v) is 4.43. The maximum Gasteiger partial charge on any atom is 0.240 e. The van der Waals surface area contributed by atoms with E-state index >= 15 is 0 Å². The molecule has 0 radical (unpaired) electrons. The van der Waals surface area contributed by atoms with Crippen molar-refractivity contribution in [2.75, 3.05) is 19.4 Å². The van der Waals surface area contributed by atoms with Crippen molar-refractivity contribution in [3.05, 3.63) is 59.7 Å². The fourth-order valence-electron chi connectivity index (χ4n) is 3.15. The first-order valence-corrected chi connectivity index (χ1v) is 10.2. The Morgan fingerprint density at radius 2 is 1.70 bits per heavy atom. The van der Waals surface area contributed by atoms with Crippen LogP contribution in [-0.4, -0.2) is 39.4 Å². The van der Waals surface area contributed by atoms with Gasteiger partial charge in [0.1, 0.15) is 0 Å². The minimum atomic E-state index is -3.75. The Balaban J connectivity index is 2.30. The van der Waals surface area contributed by atoms with Crippen LogP contribution in [0.2, 0.25) is 0 Å². The van der Waals surface area contributed by atoms with Gasteiger partial charge in [0.2, 0.25) is 15.9 Å². The molecule has 0 unspecified atom stereocenters. The first-order valence-electron chi connectivity index (χ1n) is 8.74. The normalized spacial score (nSPS) is 14.0. The molecule has 2 aromatic carbocycles. The van der Waals surface area contributed by atoms with Crippen LogP contribution in [0.25, 0.3) is 0 Å². The van der Waals surface area contributed by atoms with Crippen molar-refractivity contribution >= 4 is 21.6 Å². The number of rotatable bonds is 7. The van der Waals surface area contributed by atoms with Crippen LogP contribution in [0.3, 0.4) is 0 Å². The number of carbonyl (C=O) groups excluding carboxylic acids is 1. The van der Waals surface area contributed by atoms with E-state index in [4.69, 9.17) is 0 Å². The second-order valence-electron chi connectivity index (χ2n) is 6.89. The minimum absolute atomic E-state index is 0.120. The number of likely N-dealkylation sites (N-methyl/N-ethyl adjacent to an activating group) is 1. The molecule has 0 heterocycles. The number of hydrogen-bond acceptors (Lipinski definition) is 4. The quantitative estimate of drug-likeness (QED) is 0.763. The third-order valence-corrected chi connectivity index (χ3v) is 5.90. The van der Waals surface area contributed by atoms with Crippen LogP contribution in [0, 0.1) is 6.92 Å². The summed E-state index contributed by atoms with van der Waals surface area (Å²) in [6.45, 7) is 5.05. The maximum absolute atomic E-state index is 12.9. The second kappa shape index (κ2) is 8.65. The number of benzene rings is 2. The van der Waals surface area contributed by atoms with Gasteiger partial charge in [-0.2, -0.15) is 0 Å². The highest BCUT2D eigenvalue weighted by Crippen LogP contribution is 2.25. The molecular weight excluding hydrogens is 362 g/mol. The number of nitrogens with zero attached hydrogens (tertiary/aromatic N) is 1. The van der Waals surface area contributed by atoms with Crippen LogP contribution in [-0.2, 0) is 14.8 Å². The molecule has 2 rings (SSSR count). The van der Waals surface area contributed by atoms with Crippen molar-refractivity contribution in [3.63, 3.8) is 0 Å². The Morgan fingerprint density at radius 3 is 2.26 bits per heavy atom. The van der Waals surface area contributed by atoms with Gasteiger partial charge in [0, 0.05) is 18.7 Å². The molecule has 2 N–H and O–H groups in total. The molecule has 27 heavy (non-hydrogen) atoms. The van der Waals surface area contributed by atoms with Gasteiger partial charge in [-0.25, -0.2) is 13.1 Å². The average Bonchev–Trinajstić information content (AvgIpc) is 2.56. The molecule has 0 spiro atoms. The lowest BCUT2D eigenvalue weighted by atomic mass is 10.0. The zero-order valence-electron chi connectivity index (χ0n) is 16.4. The van der Waals surface area contributed by atoms with Gasteiger partial charge in [0.15, 0.2) is 0 Å². The van der Waals surface area contributed by atoms with Crippen molar-refractivity contribution in [2.24, 2.45) is 0 Å². The van der Waals surface area contributed by atoms with Crippen molar-refractivity contribution in [2.45, 2.75) is 37.8 Å².